The van der Waals surface area contributed by atoms with Crippen molar-refractivity contribution >= 4 is 11.6 Å². The molecule has 1 N–H and O–H groups in total. The van der Waals surface area contributed by atoms with Crippen LogP contribution in [0.25, 0.3) is 11.6 Å². The van der Waals surface area contributed by atoms with Crippen LogP contribution in [-0.4, -0.2) is 15.9 Å². The van der Waals surface area contributed by atoms with Crippen molar-refractivity contribution in [1.29, 1.82) is 0 Å². The van der Waals surface area contributed by atoms with Crippen molar-refractivity contribution < 1.29 is 13.6 Å². The molecule has 0 spiro atoms. The fourth-order valence-corrected chi connectivity index (χ4v) is 1.73. The number of nitrogens with one attached hydrogen (secondary N) is 1. The molecule has 3 rings (SSSR count). The van der Waals surface area contributed by atoms with E-state index < -0.39 is 11.7 Å². The fourth-order valence-electron chi connectivity index (χ4n) is 1.73. The van der Waals surface area contributed by atoms with Gasteiger partial charge in [0, 0.05) is 6.20 Å². The maximum absolute atomic E-state index is 13.5. The lowest BCUT2D eigenvalue weighted by Gasteiger charge is -2.03. The van der Waals surface area contributed by atoms with Gasteiger partial charge >= 0.3 is 0 Å². The van der Waals surface area contributed by atoms with Crippen molar-refractivity contribution in [3.8, 4) is 11.6 Å². The van der Waals surface area contributed by atoms with Gasteiger partial charge in [0.15, 0.2) is 5.69 Å². The molecule has 0 fully saturated rings. The summed E-state index contributed by atoms with van der Waals surface area (Å²) in [6, 6.07) is 11.2. The molecule has 1 aromatic carbocycles. The zero-order valence-corrected chi connectivity index (χ0v) is 10.8. The van der Waals surface area contributed by atoms with E-state index in [2.05, 4.69) is 15.3 Å². The van der Waals surface area contributed by atoms with Crippen LogP contribution >= 0.6 is 0 Å². The highest BCUT2D eigenvalue weighted by Crippen LogP contribution is 2.17. The summed E-state index contributed by atoms with van der Waals surface area (Å²) in [5, 5.41) is 2.43. The predicted molar refractivity (Wildman–Crippen MR) is 74.1 cm³/mol. The highest BCUT2D eigenvalue weighted by Gasteiger charge is 2.15. The first-order valence-electron chi connectivity index (χ1n) is 6.17. The molecule has 0 aliphatic carbocycles. The van der Waals surface area contributed by atoms with Crippen molar-refractivity contribution in [3.63, 3.8) is 0 Å². The summed E-state index contributed by atoms with van der Waals surface area (Å²) >= 11 is 0. The monoisotopic (exact) mass is 283 g/mol. The lowest BCUT2D eigenvalue weighted by molar-refractivity contribution is 0.102. The lowest BCUT2D eigenvalue weighted by Crippen LogP contribution is -2.13. The Labute approximate surface area is 119 Å². The zero-order chi connectivity index (χ0) is 14.7. The first-order chi connectivity index (χ1) is 10.2. The van der Waals surface area contributed by atoms with Crippen LogP contribution in [-0.2, 0) is 0 Å². The second-order valence-electron chi connectivity index (χ2n) is 4.19. The largest absolute Gasteiger partial charge is 0.442 e. The number of hydrogen-bond donors (Lipinski definition) is 1. The molecule has 21 heavy (non-hydrogen) atoms. The first kappa shape index (κ1) is 13.0. The SMILES string of the molecule is O=C(Nc1ccccc1F)c1coc(-c2ccccn2)n1. The van der Waals surface area contributed by atoms with Gasteiger partial charge in [-0.3, -0.25) is 9.78 Å². The van der Waals surface area contributed by atoms with E-state index in [-0.39, 0.29) is 17.3 Å². The molecule has 0 saturated heterocycles. The van der Waals surface area contributed by atoms with Gasteiger partial charge < -0.3 is 9.73 Å². The smallest absolute Gasteiger partial charge is 0.277 e. The molecule has 0 saturated carbocycles. The van der Waals surface area contributed by atoms with E-state index in [0.29, 0.717) is 5.69 Å². The standard InChI is InChI=1S/C15H10FN3O2/c16-10-5-1-2-6-11(10)18-14(20)13-9-21-15(19-13)12-7-3-4-8-17-12/h1-9H,(H,18,20). The van der Waals surface area contributed by atoms with E-state index in [4.69, 9.17) is 4.42 Å². The summed E-state index contributed by atoms with van der Waals surface area (Å²) < 4.78 is 18.7. The Balaban J connectivity index is 1.80. The van der Waals surface area contributed by atoms with Gasteiger partial charge in [-0.25, -0.2) is 9.37 Å². The van der Waals surface area contributed by atoms with Crippen LogP contribution in [0.2, 0.25) is 0 Å². The summed E-state index contributed by atoms with van der Waals surface area (Å²) in [7, 11) is 0. The molecule has 0 bridgehead atoms. The zero-order valence-electron chi connectivity index (χ0n) is 10.8. The summed E-state index contributed by atoms with van der Waals surface area (Å²) in [5.41, 5.74) is 0.659. The van der Waals surface area contributed by atoms with Crippen LogP contribution in [0.4, 0.5) is 10.1 Å². The molecule has 2 aromatic heterocycles. The van der Waals surface area contributed by atoms with Crippen molar-refractivity contribution in [1.82, 2.24) is 9.97 Å². The summed E-state index contributed by atoms with van der Waals surface area (Å²) in [6.07, 6.45) is 2.80. The normalized spacial score (nSPS) is 10.3. The average molecular weight is 283 g/mol. The highest BCUT2D eigenvalue weighted by molar-refractivity contribution is 6.02. The van der Waals surface area contributed by atoms with E-state index in [1.807, 2.05) is 0 Å². The maximum atomic E-state index is 13.5. The van der Waals surface area contributed by atoms with Gasteiger partial charge in [0.1, 0.15) is 17.8 Å². The van der Waals surface area contributed by atoms with Crippen LogP contribution in [0.15, 0.2) is 59.3 Å². The number of halogens is 1. The molecular weight excluding hydrogens is 273 g/mol. The molecule has 5 nitrogen and oxygen atoms in total. The molecule has 2 heterocycles. The number of hydrogen-bond acceptors (Lipinski definition) is 4. The minimum Gasteiger partial charge on any atom is -0.442 e. The maximum Gasteiger partial charge on any atom is 0.277 e. The van der Waals surface area contributed by atoms with Crippen LogP contribution in [0.5, 0.6) is 0 Å². The van der Waals surface area contributed by atoms with Gasteiger partial charge in [-0.15, -0.1) is 0 Å². The van der Waals surface area contributed by atoms with Gasteiger partial charge in [0.25, 0.3) is 5.91 Å². The minimum atomic E-state index is -0.550. The van der Waals surface area contributed by atoms with Crippen LogP contribution in [0.3, 0.4) is 0 Å². The topological polar surface area (TPSA) is 68.0 Å². The van der Waals surface area contributed by atoms with E-state index >= 15 is 0 Å². The third-order valence-corrected chi connectivity index (χ3v) is 2.74. The number of rotatable bonds is 3. The van der Waals surface area contributed by atoms with Crippen molar-refractivity contribution in [2.75, 3.05) is 5.32 Å². The molecule has 0 radical (unpaired) electrons. The lowest BCUT2D eigenvalue weighted by atomic mass is 10.3. The number of carbonyl (C=O) groups excluding carboxylic acids is 1. The molecule has 3 aromatic rings. The van der Waals surface area contributed by atoms with Crippen LogP contribution in [0, 0.1) is 5.82 Å². The predicted octanol–water partition coefficient (Wildman–Crippen LogP) is 3.13. The Kier molecular flexibility index (Phi) is 3.42. The third kappa shape index (κ3) is 2.79. The molecule has 0 aliphatic heterocycles. The Morgan fingerprint density at radius 2 is 1.95 bits per heavy atom. The fraction of sp³-hybridized carbons (Fsp3) is 0. The molecule has 0 atom stereocenters. The number of nitrogens with zero attached hydrogens (tertiary/aromatic N) is 2. The van der Waals surface area contributed by atoms with Crippen LogP contribution in [0.1, 0.15) is 10.5 Å². The Hall–Kier alpha value is -3.02. The number of para-hydroxylation sites is 1. The van der Waals surface area contributed by atoms with Crippen LogP contribution < -0.4 is 5.32 Å². The highest BCUT2D eigenvalue weighted by atomic mass is 19.1. The van der Waals surface area contributed by atoms with Gasteiger partial charge in [-0.2, -0.15) is 0 Å². The molecular formula is C15H10FN3O2. The third-order valence-electron chi connectivity index (χ3n) is 2.74. The van der Waals surface area contributed by atoms with Gasteiger partial charge in [0.05, 0.1) is 5.69 Å². The van der Waals surface area contributed by atoms with Gasteiger partial charge in [-0.1, -0.05) is 18.2 Å². The molecule has 104 valence electrons. The van der Waals surface area contributed by atoms with Gasteiger partial charge in [0.2, 0.25) is 5.89 Å². The van der Waals surface area contributed by atoms with E-state index in [0.717, 1.165) is 0 Å². The van der Waals surface area contributed by atoms with Crippen molar-refractivity contribution in [3.05, 3.63) is 66.4 Å². The van der Waals surface area contributed by atoms with Crippen molar-refractivity contribution in [2.24, 2.45) is 0 Å². The number of pyridine rings is 1. The number of anilines is 1. The molecule has 6 heteroatoms. The van der Waals surface area contributed by atoms with E-state index in [1.165, 1.54) is 18.4 Å². The second-order valence-corrected chi connectivity index (χ2v) is 4.19. The quantitative estimate of drug-likeness (QED) is 0.801. The molecule has 0 aliphatic rings. The summed E-state index contributed by atoms with van der Waals surface area (Å²) in [5.74, 6) is -0.834. The first-order valence-corrected chi connectivity index (χ1v) is 6.17. The number of benzene rings is 1. The Morgan fingerprint density at radius 1 is 1.14 bits per heavy atom. The number of aromatic nitrogens is 2. The van der Waals surface area contributed by atoms with E-state index in [9.17, 15) is 9.18 Å². The molecule has 0 unspecified atom stereocenters. The average Bonchev–Trinajstić information content (AvgIpc) is 3.00. The summed E-state index contributed by atoms with van der Waals surface area (Å²) in [6.45, 7) is 0. The summed E-state index contributed by atoms with van der Waals surface area (Å²) in [4.78, 5) is 20.1. The molecule has 1 amide bonds. The Morgan fingerprint density at radius 3 is 2.71 bits per heavy atom. The Bertz CT molecular complexity index is 771. The van der Waals surface area contributed by atoms with Crippen molar-refractivity contribution in [2.45, 2.75) is 0 Å². The number of oxazole rings is 1. The second kappa shape index (κ2) is 5.54. The number of amides is 1. The number of carbonyl (C=O) groups is 1. The minimum absolute atomic E-state index is 0.0545. The van der Waals surface area contributed by atoms with E-state index in [1.54, 1.807) is 36.5 Å². The van der Waals surface area contributed by atoms with Gasteiger partial charge in [-0.05, 0) is 24.3 Å².